The molecule has 0 aromatic heterocycles. The normalized spacial score (nSPS) is 10.4. The molecule has 6 N–H and O–H groups in total. The first-order valence-corrected chi connectivity index (χ1v) is 7.59. The molecule has 0 fully saturated rings. The number of benzene rings is 2. The molecular formula is C17H24N4O2. The van der Waals surface area contributed by atoms with Crippen molar-refractivity contribution in [1.82, 2.24) is 0 Å². The monoisotopic (exact) mass is 316 g/mol. The standard InChI is InChI=1S/C17H24N4O2/c1-13-12-16(21(8-10-22)9-11-23)6-7-17(13)20-19-15-4-2-14(18)3-5-15/h2-7,12,19-20,22-23H,8-11,18H2,1H3. The van der Waals surface area contributed by atoms with Crippen molar-refractivity contribution < 1.29 is 10.2 Å². The molecule has 0 aliphatic rings. The van der Waals surface area contributed by atoms with Gasteiger partial charge in [0.15, 0.2) is 0 Å². The quantitative estimate of drug-likeness (QED) is 0.377. The Bertz CT molecular complexity index is 610. The second-order valence-corrected chi connectivity index (χ2v) is 5.31. The largest absolute Gasteiger partial charge is 0.399 e. The number of hydrogen-bond donors (Lipinski definition) is 5. The van der Waals surface area contributed by atoms with Gasteiger partial charge in [0.25, 0.3) is 0 Å². The third-order valence-corrected chi connectivity index (χ3v) is 3.57. The van der Waals surface area contributed by atoms with Crippen LogP contribution in [-0.4, -0.2) is 36.5 Å². The van der Waals surface area contributed by atoms with Crippen LogP contribution >= 0.6 is 0 Å². The SMILES string of the molecule is Cc1cc(N(CCO)CCO)ccc1NNc1ccc(N)cc1. The number of nitrogen functional groups attached to an aromatic ring is 1. The predicted molar refractivity (Wildman–Crippen MR) is 95.7 cm³/mol. The van der Waals surface area contributed by atoms with E-state index in [1.54, 1.807) is 0 Å². The van der Waals surface area contributed by atoms with Crippen molar-refractivity contribution in [3.05, 3.63) is 48.0 Å². The highest BCUT2D eigenvalue weighted by atomic mass is 16.3. The van der Waals surface area contributed by atoms with Crippen molar-refractivity contribution in [2.24, 2.45) is 0 Å². The van der Waals surface area contributed by atoms with E-state index in [0.717, 1.165) is 28.3 Å². The zero-order valence-corrected chi connectivity index (χ0v) is 13.3. The van der Waals surface area contributed by atoms with Crippen LogP contribution in [0.5, 0.6) is 0 Å². The smallest absolute Gasteiger partial charge is 0.0606 e. The topological polar surface area (TPSA) is 93.8 Å². The molecule has 0 amide bonds. The zero-order valence-electron chi connectivity index (χ0n) is 13.3. The summed E-state index contributed by atoms with van der Waals surface area (Å²) in [6.07, 6.45) is 0. The Morgan fingerprint density at radius 1 is 0.957 bits per heavy atom. The lowest BCUT2D eigenvalue weighted by Crippen LogP contribution is -2.29. The van der Waals surface area contributed by atoms with Gasteiger partial charge in [0.05, 0.1) is 24.6 Å². The molecule has 23 heavy (non-hydrogen) atoms. The Morgan fingerprint density at radius 3 is 2.17 bits per heavy atom. The number of nitrogens with two attached hydrogens (primary N) is 1. The van der Waals surface area contributed by atoms with Crippen LogP contribution in [0.3, 0.4) is 0 Å². The summed E-state index contributed by atoms with van der Waals surface area (Å²) in [6.45, 7) is 3.11. The van der Waals surface area contributed by atoms with Crippen LogP contribution < -0.4 is 21.5 Å². The van der Waals surface area contributed by atoms with Gasteiger partial charge in [-0.2, -0.15) is 0 Å². The minimum absolute atomic E-state index is 0.0533. The summed E-state index contributed by atoms with van der Waals surface area (Å²) in [4.78, 5) is 1.95. The molecule has 0 saturated carbocycles. The summed E-state index contributed by atoms with van der Waals surface area (Å²) < 4.78 is 0. The highest BCUT2D eigenvalue weighted by Crippen LogP contribution is 2.23. The number of aliphatic hydroxyl groups is 2. The molecule has 0 atom stereocenters. The van der Waals surface area contributed by atoms with Gasteiger partial charge in [-0.25, -0.2) is 0 Å². The molecule has 2 rings (SSSR count). The molecular weight excluding hydrogens is 292 g/mol. The van der Waals surface area contributed by atoms with Crippen LogP contribution in [-0.2, 0) is 0 Å². The summed E-state index contributed by atoms with van der Waals surface area (Å²) in [7, 11) is 0. The fourth-order valence-electron chi connectivity index (χ4n) is 2.30. The van der Waals surface area contributed by atoms with Crippen LogP contribution in [0, 0.1) is 6.92 Å². The van der Waals surface area contributed by atoms with E-state index < -0.39 is 0 Å². The van der Waals surface area contributed by atoms with Gasteiger partial charge < -0.3 is 31.7 Å². The van der Waals surface area contributed by atoms with E-state index in [1.165, 1.54) is 0 Å². The van der Waals surface area contributed by atoms with E-state index in [9.17, 15) is 0 Å². The maximum absolute atomic E-state index is 9.12. The first-order chi connectivity index (χ1) is 11.1. The van der Waals surface area contributed by atoms with Gasteiger partial charge in [-0.3, -0.25) is 0 Å². The highest BCUT2D eigenvalue weighted by Gasteiger charge is 2.07. The lowest BCUT2D eigenvalue weighted by atomic mass is 10.1. The number of hydrazine groups is 1. The molecule has 124 valence electrons. The average Bonchev–Trinajstić information content (AvgIpc) is 2.55. The summed E-state index contributed by atoms with van der Waals surface area (Å²) >= 11 is 0. The average molecular weight is 316 g/mol. The third-order valence-electron chi connectivity index (χ3n) is 3.57. The van der Waals surface area contributed by atoms with E-state index in [1.807, 2.05) is 54.3 Å². The molecule has 0 unspecified atom stereocenters. The number of nitrogens with one attached hydrogen (secondary N) is 2. The summed E-state index contributed by atoms with van der Waals surface area (Å²) in [6, 6.07) is 13.4. The second kappa shape index (κ2) is 8.26. The number of anilines is 4. The van der Waals surface area contributed by atoms with E-state index in [0.29, 0.717) is 13.1 Å². The number of nitrogens with zero attached hydrogens (tertiary/aromatic N) is 1. The van der Waals surface area contributed by atoms with Gasteiger partial charge in [0.1, 0.15) is 0 Å². The minimum atomic E-state index is 0.0533. The number of aryl methyl sites for hydroxylation is 1. The molecule has 2 aromatic rings. The van der Waals surface area contributed by atoms with E-state index >= 15 is 0 Å². The van der Waals surface area contributed by atoms with Gasteiger partial charge in [0.2, 0.25) is 0 Å². The second-order valence-electron chi connectivity index (χ2n) is 5.31. The van der Waals surface area contributed by atoms with Gasteiger partial charge in [-0.1, -0.05) is 0 Å². The van der Waals surface area contributed by atoms with Crippen molar-refractivity contribution in [2.45, 2.75) is 6.92 Å². The number of hydrogen-bond acceptors (Lipinski definition) is 6. The van der Waals surface area contributed by atoms with Crippen molar-refractivity contribution >= 4 is 22.7 Å². The number of rotatable bonds is 8. The summed E-state index contributed by atoms with van der Waals surface area (Å²) in [5, 5.41) is 18.2. The molecule has 0 aliphatic heterocycles. The van der Waals surface area contributed by atoms with E-state index in [-0.39, 0.29) is 13.2 Å². The van der Waals surface area contributed by atoms with E-state index in [4.69, 9.17) is 15.9 Å². The maximum Gasteiger partial charge on any atom is 0.0606 e. The molecule has 6 heteroatoms. The van der Waals surface area contributed by atoms with Gasteiger partial charge in [-0.15, -0.1) is 0 Å². The van der Waals surface area contributed by atoms with Crippen LogP contribution in [0.4, 0.5) is 22.7 Å². The van der Waals surface area contributed by atoms with Crippen molar-refractivity contribution in [3.8, 4) is 0 Å². The van der Waals surface area contributed by atoms with Crippen molar-refractivity contribution in [2.75, 3.05) is 47.8 Å². The molecule has 0 spiro atoms. The third kappa shape index (κ3) is 4.77. The van der Waals surface area contributed by atoms with Gasteiger partial charge in [-0.05, 0) is 55.0 Å². The Morgan fingerprint density at radius 2 is 1.61 bits per heavy atom. The Balaban J connectivity index is 2.04. The molecule has 0 saturated heterocycles. The lowest BCUT2D eigenvalue weighted by molar-refractivity contribution is 0.281. The molecule has 0 bridgehead atoms. The van der Waals surface area contributed by atoms with Crippen molar-refractivity contribution in [1.29, 1.82) is 0 Å². The summed E-state index contributed by atoms with van der Waals surface area (Å²) in [5.74, 6) is 0. The number of aliphatic hydroxyl groups excluding tert-OH is 2. The first-order valence-electron chi connectivity index (χ1n) is 7.59. The van der Waals surface area contributed by atoms with Crippen LogP contribution in [0.15, 0.2) is 42.5 Å². The summed E-state index contributed by atoms with van der Waals surface area (Å²) in [5.41, 5.74) is 16.6. The van der Waals surface area contributed by atoms with Crippen LogP contribution in [0.1, 0.15) is 5.56 Å². The molecule has 2 aromatic carbocycles. The maximum atomic E-state index is 9.12. The van der Waals surface area contributed by atoms with Crippen LogP contribution in [0.2, 0.25) is 0 Å². The Kier molecular flexibility index (Phi) is 6.08. The molecule has 0 heterocycles. The fourth-order valence-corrected chi connectivity index (χ4v) is 2.30. The molecule has 6 nitrogen and oxygen atoms in total. The first kappa shape index (κ1) is 16.9. The highest BCUT2D eigenvalue weighted by molar-refractivity contribution is 5.63. The zero-order chi connectivity index (χ0) is 16.7. The molecule has 0 aliphatic carbocycles. The van der Waals surface area contributed by atoms with Gasteiger partial charge >= 0.3 is 0 Å². The minimum Gasteiger partial charge on any atom is -0.399 e. The van der Waals surface area contributed by atoms with Gasteiger partial charge in [0, 0.05) is 24.5 Å². The molecule has 0 radical (unpaired) electrons. The predicted octanol–water partition coefficient (Wildman–Crippen LogP) is 1.81. The van der Waals surface area contributed by atoms with Crippen molar-refractivity contribution in [3.63, 3.8) is 0 Å². The Hall–Kier alpha value is -2.44. The lowest BCUT2D eigenvalue weighted by Gasteiger charge is -2.24. The van der Waals surface area contributed by atoms with E-state index in [2.05, 4.69) is 10.9 Å². The Labute approximate surface area is 136 Å². The fraction of sp³-hybridized carbons (Fsp3) is 0.294. The van der Waals surface area contributed by atoms with Crippen LogP contribution in [0.25, 0.3) is 0 Å².